The Balaban J connectivity index is 1.57. The maximum atomic E-state index is 6.73. The van der Waals surface area contributed by atoms with Gasteiger partial charge in [-0.3, -0.25) is 0 Å². The Morgan fingerprint density at radius 1 is 1.09 bits per heavy atom. The van der Waals surface area contributed by atoms with Gasteiger partial charge in [-0.25, -0.2) is 0 Å². The Morgan fingerprint density at radius 2 is 1.91 bits per heavy atom. The molecule has 172 valence electrons. The summed E-state index contributed by atoms with van der Waals surface area (Å²) in [5.41, 5.74) is 7.27. The highest BCUT2D eigenvalue weighted by Crippen LogP contribution is 2.48. The van der Waals surface area contributed by atoms with E-state index in [0.717, 1.165) is 65.4 Å². The predicted octanol–water partition coefficient (Wildman–Crippen LogP) is 7.74. The molecule has 32 heavy (non-hydrogen) atoms. The molecule has 0 amide bonds. The fourth-order valence-corrected chi connectivity index (χ4v) is 5.91. The molecule has 0 radical (unpaired) electrons. The number of nitrogens with one attached hydrogen (secondary N) is 1. The normalized spacial score (nSPS) is 31.9. The van der Waals surface area contributed by atoms with Crippen molar-refractivity contribution in [2.45, 2.75) is 71.3 Å². The van der Waals surface area contributed by atoms with Crippen LogP contribution in [0.4, 0.5) is 5.69 Å². The number of nitrogens with zero attached hydrogens (tertiary/aromatic N) is 1. The maximum absolute atomic E-state index is 6.73. The maximum Gasteiger partial charge on any atom is 0.0672 e. The van der Waals surface area contributed by atoms with Crippen molar-refractivity contribution in [1.29, 1.82) is 0 Å². The average molecular weight is 451 g/mol. The number of anilines is 1. The lowest BCUT2D eigenvalue weighted by molar-refractivity contribution is 0.309. The van der Waals surface area contributed by atoms with Crippen LogP contribution in [0.1, 0.15) is 63.0 Å². The molecule has 1 saturated heterocycles. The van der Waals surface area contributed by atoms with Crippen molar-refractivity contribution in [3.05, 3.63) is 76.6 Å². The molecule has 4 unspecified atom stereocenters. The topological polar surface area (TPSA) is 15.3 Å². The predicted molar refractivity (Wildman–Crippen MR) is 139 cm³/mol. The van der Waals surface area contributed by atoms with E-state index in [1.54, 1.807) is 0 Å². The fraction of sp³-hybridized carbons (Fsp3) is 0.517. The molecule has 1 saturated carbocycles. The summed E-state index contributed by atoms with van der Waals surface area (Å²) in [7, 11) is 2.12. The highest BCUT2D eigenvalue weighted by molar-refractivity contribution is 6.34. The summed E-state index contributed by atoms with van der Waals surface area (Å²) in [6, 6.07) is 4.99. The molecule has 0 spiro atoms. The molecule has 4 atom stereocenters. The number of hydrogen-bond donors (Lipinski definition) is 1. The molecule has 4 rings (SSSR count). The number of halogens is 1. The minimum Gasteiger partial charge on any atom is -0.386 e. The molecule has 2 aliphatic heterocycles. The monoisotopic (exact) mass is 450 g/mol. The second-order valence-corrected chi connectivity index (χ2v) is 10.9. The lowest BCUT2D eigenvalue weighted by Gasteiger charge is -2.32. The zero-order valence-corrected chi connectivity index (χ0v) is 20.8. The number of rotatable bonds is 0. The van der Waals surface area contributed by atoms with Gasteiger partial charge >= 0.3 is 0 Å². The highest BCUT2D eigenvalue weighted by Gasteiger charge is 2.39. The number of piperidine rings is 1. The third-order valence-electron chi connectivity index (χ3n) is 7.62. The minimum absolute atomic E-state index is 0.528. The van der Waals surface area contributed by atoms with Crippen LogP contribution in [0.25, 0.3) is 0 Å². The molecular formula is C29H39ClN2. The molecule has 4 bridgehead atoms. The molecule has 1 N–H and O–H groups in total. The molecule has 2 fully saturated rings. The van der Waals surface area contributed by atoms with Gasteiger partial charge in [0.05, 0.1) is 10.7 Å². The van der Waals surface area contributed by atoms with Crippen molar-refractivity contribution < 1.29 is 0 Å². The van der Waals surface area contributed by atoms with E-state index < -0.39 is 0 Å². The zero-order chi connectivity index (χ0) is 22.8. The number of benzene rings is 1. The summed E-state index contributed by atoms with van der Waals surface area (Å²) >= 11 is 6.73. The van der Waals surface area contributed by atoms with Gasteiger partial charge in [0.2, 0.25) is 0 Å². The van der Waals surface area contributed by atoms with Crippen LogP contribution in [0.5, 0.6) is 0 Å². The van der Waals surface area contributed by atoms with Crippen LogP contribution in [0.15, 0.2) is 60.5 Å². The van der Waals surface area contributed by atoms with Crippen molar-refractivity contribution in [2.24, 2.45) is 17.8 Å². The van der Waals surface area contributed by atoms with Crippen molar-refractivity contribution in [1.82, 2.24) is 5.32 Å². The fourth-order valence-electron chi connectivity index (χ4n) is 5.67. The van der Waals surface area contributed by atoms with Gasteiger partial charge in [-0.05, 0) is 100 Å². The summed E-state index contributed by atoms with van der Waals surface area (Å²) in [5, 5.41) is 4.49. The van der Waals surface area contributed by atoms with E-state index in [1.807, 2.05) is 0 Å². The number of hydrogen-bond acceptors (Lipinski definition) is 2. The first-order valence-electron chi connectivity index (χ1n) is 12.3. The van der Waals surface area contributed by atoms with E-state index in [9.17, 15) is 0 Å². The largest absolute Gasteiger partial charge is 0.386 e. The van der Waals surface area contributed by atoms with E-state index >= 15 is 0 Å². The second kappa shape index (κ2) is 9.91. The van der Waals surface area contributed by atoms with Crippen LogP contribution in [0, 0.1) is 24.7 Å². The summed E-state index contributed by atoms with van der Waals surface area (Å²) in [6.07, 6.45) is 16.3. The van der Waals surface area contributed by atoms with Gasteiger partial charge in [-0.1, -0.05) is 54.6 Å². The van der Waals surface area contributed by atoms with E-state index in [-0.39, 0.29) is 0 Å². The standard InChI is InChI=1S/C29H39ClN2/c1-19-8-6-7-9-27-16-24(14-21(3)31-27)15-26-18-25(26)11-10-22(4)32(5)28-17-23(12-19)13-20(2)29(28)30/h6-8,13,17,24-27,31H,3-4,9-12,14-16,18H2,1-2,5H3/b7-6+,19-8+. The highest BCUT2D eigenvalue weighted by atomic mass is 35.5. The first-order valence-corrected chi connectivity index (χ1v) is 12.6. The summed E-state index contributed by atoms with van der Waals surface area (Å²) in [6.45, 7) is 13.0. The van der Waals surface area contributed by atoms with Gasteiger partial charge in [-0.15, -0.1) is 0 Å². The van der Waals surface area contributed by atoms with E-state index in [0.29, 0.717) is 6.04 Å². The Hall–Kier alpha value is -1.93. The molecule has 1 aliphatic carbocycles. The minimum atomic E-state index is 0.528. The number of allylic oxidation sites excluding steroid dienone is 5. The van der Waals surface area contributed by atoms with Crippen LogP contribution >= 0.6 is 11.6 Å². The smallest absolute Gasteiger partial charge is 0.0672 e. The third-order valence-corrected chi connectivity index (χ3v) is 8.11. The van der Waals surface area contributed by atoms with E-state index in [1.165, 1.54) is 42.5 Å². The van der Waals surface area contributed by atoms with Crippen LogP contribution in [0.3, 0.4) is 0 Å². The van der Waals surface area contributed by atoms with Crippen LogP contribution < -0.4 is 10.2 Å². The number of aryl methyl sites for hydroxylation is 1. The van der Waals surface area contributed by atoms with Gasteiger partial charge in [0.15, 0.2) is 0 Å². The lowest BCUT2D eigenvalue weighted by Crippen LogP contribution is -2.36. The van der Waals surface area contributed by atoms with E-state index in [4.69, 9.17) is 11.6 Å². The summed E-state index contributed by atoms with van der Waals surface area (Å²) < 4.78 is 0. The Kier molecular flexibility index (Phi) is 7.20. The first kappa shape index (κ1) is 23.2. The van der Waals surface area contributed by atoms with Crippen molar-refractivity contribution in [2.75, 3.05) is 11.9 Å². The van der Waals surface area contributed by atoms with Gasteiger partial charge in [0.1, 0.15) is 0 Å². The molecule has 1 aromatic rings. The van der Waals surface area contributed by atoms with Crippen molar-refractivity contribution in [3.63, 3.8) is 0 Å². The molecule has 0 aromatic heterocycles. The van der Waals surface area contributed by atoms with Crippen LogP contribution in [-0.4, -0.2) is 13.1 Å². The Bertz CT molecular complexity index is 941. The summed E-state index contributed by atoms with van der Waals surface area (Å²) in [5.74, 6) is 2.53. The Morgan fingerprint density at radius 3 is 2.72 bits per heavy atom. The second-order valence-electron chi connectivity index (χ2n) is 10.5. The quantitative estimate of drug-likeness (QED) is 0.434. The zero-order valence-electron chi connectivity index (χ0n) is 20.1. The van der Waals surface area contributed by atoms with Crippen molar-refractivity contribution >= 4 is 17.3 Å². The molecule has 1 aromatic carbocycles. The molecular weight excluding hydrogens is 412 g/mol. The first-order chi connectivity index (χ1) is 15.3. The molecule has 2 heterocycles. The number of fused-ring (bicyclic) bond motifs is 5. The molecule has 2 nitrogen and oxygen atoms in total. The SMILES string of the molecule is C=C1CC2CC(C/C=C/C=C(\C)Cc3cc(C)c(Cl)c(c3)N(C)C(=C)CCC3CC3C2)N1. The van der Waals surface area contributed by atoms with Gasteiger partial charge < -0.3 is 10.2 Å². The average Bonchev–Trinajstić information content (AvgIpc) is 3.48. The molecule has 3 aliphatic rings. The summed E-state index contributed by atoms with van der Waals surface area (Å²) in [4.78, 5) is 2.21. The van der Waals surface area contributed by atoms with E-state index in [2.05, 4.69) is 74.6 Å². The van der Waals surface area contributed by atoms with Crippen LogP contribution in [-0.2, 0) is 6.42 Å². The van der Waals surface area contributed by atoms with Gasteiger partial charge in [-0.2, -0.15) is 0 Å². The lowest BCUT2D eigenvalue weighted by atomic mass is 9.85. The van der Waals surface area contributed by atoms with Crippen LogP contribution in [0.2, 0.25) is 5.02 Å². The Labute approximate surface area is 200 Å². The van der Waals surface area contributed by atoms with Crippen molar-refractivity contribution in [3.8, 4) is 0 Å². The van der Waals surface area contributed by atoms with Gasteiger partial charge in [0, 0.05) is 24.5 Å². The molecule has 3 heteroatoms. The third kappa shape index (κ3) is 5.70. The van der Waals surface area contributed by atoms with Gasteiger partial charge in [0.25, 0.3) is 0 Å².